The third-order valence-corrected chi connectivity index (χ3v) is 1.62. The minimum absolute atomic E-state index is 0.0340. The van der Waals surface area contributed by atoms with Crippen LogP contribution in [0.5, 0.6) is 0 Å². The minimum Gasteiger partial charge on any atom is -0.409 e. The van der Waals surface area contributed by atoms with E-state index in [2.05, 4.69) is 10.5 Å². The SMILES string of the molecule is N/C(CC(=O)Nc1cc(F)cc(F)c1)=N\O. The molecule has 0 heterocycles. The molecule has 4 N–H and O–H groups in total. The summed E-state index contributed by atoms with van der Waals surface area (Å²) < 4.78 is 25.5. The number of amides is 1. The highest BCUT2D eigenvalue weighted by molar-refractivity contribution is 6.04. The summed E-state index contributed by atoms with van der Waals surface area (Å²) in [6.07, 6.45) is -0.366. The number of carbonyl (C=O) groups is 1. The molecular weight excluding hydrogens is 220 g/mol. The normalized spacial score (nSPS) is 11.2. The van der Waals surface area contributed by atoms with Crippen LogP contribution in [0.1, 0.15) is 6.42 Å². The Hall–Kier alpha value is -2.18. The van der Waals surface area contributed by atoms with Gasteiger partial charge in [0.2, 0.25) is 5.91 Å². The maximum absolute atomic E-state index is 12.7. The van der Waals surface area contributed by atoms with E-state index in [1.54, 1.807) is 0 Å². The molecule has 1 aromatic carbocycles. The number of halogens is 2. The largest absolute Gasteiger partial charge is 0.409 e. The summed E-state index contributed by atoms with van der Waals surface area (Å²) in [7, 11) is 0. The van der Waals surface area contributed by atoms with Crippen LogP contribution in [0.15, 0.2) is 23.4 Å². The lowest BCUT2D eigenvalue weighted by atomic mass is 10.3. The molecule has 0 unspecified atom stereocenters. The lowest BCUT2D eigenvalue weighted by Gasteiger charge is -2.04. The topological polar surface area (TPSA) is 87.7 Å². The number of nitrogens with zero attached hydrogens (tertiary/aromatic N) is 1. The van der Waals surface area contributed by atoms with Crippen molar-refractivity contribution < 1.29 is 18.8 Å². The molecule has 0 aliphatic carbocycles. The number of hydrogen-bond donors (Lipinski definition) is 3. The van der Waals surface area contributed by atoms with Crippen LogP contribution in [0, 0.1) is 11.6 Å². The highest BCUT2D eigenvalue weighted by atomic mass is 19.1. The Kier molecular flexibility index (Phi) is 3.76. The Balaban J connectivity index is 2.70. The van der Waals surface area contributed by atoms with E-state index in [-0.39, 0.29) is 17.9 Å². The highest BCUT2D eigenvalue weighted by Gasteiger charge is 2.07. The van der Waals surface area contributed by atoms with Crippen LogP contribution in [-0.2, 0) is 4.79 Å². The molecule has 0 fully saturated rings. The second kappa shape index (κ2) is 5.06. The number of rotatable bonds is 3. The van der Waals surface area contributed by atoms with Gasteiger partial charge in [0.05, 0.1) is 6.42 Å². The van der Waals surface area contributed by atoms with E-state index in [9.17, 15) is 13.6 Å². The molecule has 0 radical (unpaired) electrons. The van der Waals surface area contributed by atoms with Crippen LogP contribution in [0.2, 0.25) is 0 Å². The molecule has 0 spiro atoms. The van der Waals surface area contributed by atoms with E-state index < -0.39 is 17.5 Å². The van der Waals surface area contributed by atoms with Gasteiger partial charge in [-0.2, -0.15) is 0 Å². The van der Waals surface area contributed by atoms with Gasteiger partial charge in [-0.3, -0.25) is 4.79 Å². The number of nitrogens with one attached hydrogen (secondary N) is 1. The van der Waals surface area contributed by atoms with Gasteiger partial charge < -0.3 is 16.3 Å². The van der Waals surface area contributed by atoms with Gasteiger partial charge in [-0.05, 0) is 12.1 Å². The van der Waals surface area contributed by atoms with Crippen molar-refractivity contribution in [3.05, 3.63) is 29.8 Å². The van der Waals surface area contributed by atoms with Crippen molar-refractivity contribution >= 4 is 17.4 Å². The van der Waals surface area contributed by atoms with Crippen molar-refractivity contribution in [2.24, 2.45) is 10.9 Å². The van der Waals surface area contributed by atoms with E-state index in [4.69, 9.17) is 10.9 Å². The Morgan fingerprint density at radius 2 is 1.94 bits per heavy atom. The molecule has 7 heteroatoms. The van der Waals surface area contributed by atoms with Gasteiger partial charge >= 0.3 is 0 Å². The van der Waals surface area contributed by atoms with Gasteiger partial charge in [0, 0.05) is 11.8 Å². The molecule has 0 saturated heterocycles. The Bertz CT molecular complexity index is 415. The molecule has 5 nitrogen and oxygen atoms in total. The molecule has 0 aliphatic heterocycles. The van der Waals surface area contributed by atoms with Gasteiger partial charge in [-0.15, -0.1) is 0 Å². The van der Waals surface area contributed by atoms with Crippen molar-refractivity contribution in [2.45, 2.75) is 6.42 Å². The zero-order valence-electron chi connectivity index (χ0n) is 8.08. The first kappa shape index (κ1) is 11.9. The first-order chi connectivity index (χ1) is 7.51. The lowest BCUT2D eigenvalue weighted by molar-refractivity contribution is -0.115. The summed E-state index contributed by atoms with van der Waals surface area (Å²) in [5.74, 6) is -2.55. The van der Waals surface area contributed by atoms with Gasteiger partial charge in [-0.25, -0.2) is 8.78 Å². The average molecular weight is 229 g/mol. The quantitative estimate of drug-likeness (QED) is 0.313. The Labute approximate surface area is 89.6 Å². The van der Waals surface area contributed by atoms with Gasteiger partial charge in [0.25, 0.3) is 0 Å². The molecule has 1 rings (SSSR count). The van der Waals surface area contributed by atoms with E-state index in [1.807, 2.05) is 0 Å². The Morgan fingerprint density at radius 3 is 2.44 bits per heavy atom. The van der Waals surface area contributed by atoms with Crippen LogP contribution in [-0.4, -0.2) is 17.0 Å². The zero-order valence-corrected chi connectivity index (χ0v) is 8.08. The number of benzene rings is 1. The van der Waals surface area contributed by atoms with Crippen LogP contribution in [0.25, 0.3) is 0 Å². The molecule has 0 saturated carbocycles. The van der Waals surface area contributed by atoms with Crippen LogP contribution in [0.3, 0.4) is 0 Å². The summed E-state index contributed by atoms with van der Waals surface area (Å²) in [6.45, 7) is 0. The smallest absolute Gasteiger partial charge is 0.232 e. The standard InChI is InChI=1S/C9H9F2N3O2/c10-5-1-6(11)3-7(2-5)13-9(15)4-8(12)14-16/h1-3,16H,4H2,(H2,12,14)(H,13,15). The summed E-state index contributed by atoms with van der Waals surface area (Å²) in [5, 5.41) is 13.0. The predicted octanol–water partition coefficient (Wildman–Crippen LogP) is 1.04. The monoisotopic (exact) mass is 229 g/mol. The number of carbonyl (C=O) groups excluding carboxylic acids is 1. The summed E-state index contributed by atoms with van der Waals surface area (Å²) in [4.78, 5) is 11.2. The lowest BCUT2D eigenvalue weighted by Crippen LogP contribution is -2.22. The van der Waals surface area contributed by atoms with Crippen molar-refractivity contribution in [3.8, 4) is 0 Å². The van der Waals surface area contributed by atoms with Crippen molar-refractivity contribution in [3.63, 3.8) is 0 Å². The average Bonchev–Trinajstić information content (AvgIpc) is 2.15. The predicted molar refractivity (Wildman–Crippen MR) is 53.0 cm³/mol. The fraction of sp³-hybridized carbons (Fsp3) is 0.111. The number of oxime groups is 1. The van der Waals surface area contributed by atoms with Crippen molar-refractivity contribution in [1.29, 1.82) is 0 Å². The van der Waals surface area contributed by atoms with Gasteiger partial charge in [0.1, 0.15) is 17.5 Å². The van der Waals surface area contributed by atoms with E-state index in [0.29, 0.717) is 6.07 Å². The van der Waals surface area contributed by atoms with Gasteiger partial charge in [0.15, 0.2) is 0 Å². The first-order valence-corrected chi connectivity index (χ1v) is 4.23. The summed E-state index contributed by atoms with van der Waals surface area (Å²) in [6, 6.07) is 2.58. The zero-order chi connectivity index (χ0) is 12.1. The maximum atomic E-state index is 12.7. The van der Waals surface area contributed by atoms with Crippen molar-refractivity contribution in [1.82, 2.24) is 0 Å². The van der Waals surface area contributed by atoms with E-state index in [1.165, 1.54) is 0 Å². The Morgan fingerprint density at radius 1 is 1.38 bits per heavy atom. The number of hydrogen-bond acceptors (Lipinski definition) is 3. The van der Waals surface area contributed by atoms with Crippen LogP contribution in [0.4, 0.5) is 14.5 Å². The molecular formula is C9H9F2N3O2. The fourth-order valence-corrected chi connectivity index (χ4v) is 1.03. The number of amidine groups is 1. The maximum Gasteiger partial charge on any atom is 0.232 e. The molecule has 0 atom stereocenters. The first-order valence-electron chi connectivity index (χ1n) is 4.23. The molecule has 1 aromatic rings. The summed E-state index contributed by atoms with van der Waals surface area (Å²) in [5.41, 5.74) is 5.04. The van der Waals surface area contributed by atoms with E-state index in [0.717, 1.165) is 12.1 Å². The van der Waals surface area contributed by atoms with Crippen LogP contribution >= 0.6 is 0 Å². The number of nitrogens with two attached hydrogens (primary N) is 1. The third-order valence-electron chi connectivity index (χ3n) is 1.62. The molecule has 0 aliphatic rings. The summed E-state index contributed by atoms with van der Waals surface area (Å²) >= 11 is 0. The molecule has 86 valence electrons. The van der Waals surface area contributed by atoms with Gasteiger partial charge in [-0.1, -0.05) is 5.16 Å². The van der Waals surface area contributed by atoms with Crippen LogP contribution < -0.4 is 11.1 Å². The highest BCUT2D eigenvalue weighted by Crippen LogP contribution is 2.12. The fourth-order valence-electron chi connectivity index (χ4n) is 1.03. The molecule has 0 bridgehead atoms. The minimum atomic E-state index is -0.806. The third kappa shape index (κ3) is 3.52. The van der Waals surface area contributed by atoms with E-state index >= 15 is 0 Å². The molecule has 1 amide bonds. The van der Waals surface area contributed by atoms with Crippen molar-refractivity contribution in [2.75, 3.05) is 5.32 Å². The second-order valence-corrected chi connectivity index (χ2v) is 2.97. The second-order valence-electron chi connectivity index (χ2n) is 2.97. The molecule has 0 aromatic heterocycles. The molecule has 16 heavy (non-hydrogen) atoms. The number of anilines is 1.